The number of hydrogen-bond acceptors (Lipinski definition) is 25. The largest absolute Gasteiger partial charge is 0.481 e. The molecule has 4 aliphatic rings. The molecule has 4 saturated heterocycles. The molecule has 2 aromatic carbocycles. The van der Waals surface area contributed by atoms with Crippen molar-refractivity contribution in [1.82, 2.24) is 89.1 Å². The van der Waals surface area contributed by atoms with E-state index in [4.69, 9.17) is 30.8 Å². The molecule has 4 aliphatic heterocycles. The Bertz CT molecular complexity index is 3480. The van der Waals surface area contributed by atoms with Gasteiger partial charge in [-0.25, -0.2) is 0 Å². The van der Waals surface area contributed by atoms with Crippen LogP contribution in [0.1, 0.15) is 88.2 Å². The van der Waals surface area contributed by atoms with Gasteiger partial charge in [0.1, 0.15) is 36.3 Å². The van der Waals surface area contributed by atoms with E-state index in [2.05, 4.69) is 74.4 Å². The fraction of sp³-hybridized carbons (Fsp3) is 0.544. The van der Waals surface area contributed by atoms with E-state index < -0.39 is 224 Å². The predicted molar refractivity (Wildman–Crippen MR) is 392 cm³/mol. The van der Waals surface area contributed by atoms with Crippen molar-refractivity contribution in [3.63, 3.8) is 0 Å². The molecule has 112 heavy (non-hydrogen) atoms. The number of amides is 12. The number of unbranched alkanes of at least 4 members (excludes halogenated alkanes) is 2. The number of nitrogens with zero attached hydrogens (tertiary/aromatic N) is 3. The van der Waals surface area contributed by atoms with Crippen LogP contribution in [0.25, 0.3) is 0 Å². The third-order valence-electron chi connectivity index (χ3n) is 17.7. The van der Waals surface area contributed by atoms with Gasteiger partial charge in [0.05, 0.1) is 25.9 Å². The second-order valence-corrected chi connectivity index (χ2v) is 30.4. The first-order valence-corrected chi connectivity index (χ1v) is 40.4. The molecule has 0 saturated carbocycles. The molecule has 0 aliphatic carbocycles. The molecular weight excluding hydrogens is 1580 g/mol. The number of aliphatic carboxylic acids is 2. The van der Waals surface area contributed by atoms with Crippen molar-refractivity contribution < 1.29 is 100 Å². The van der Waals surface area contributed by atoms with Crippen LogP contribution in [-0.4, -0.2) is 307 Å². The van der Waals surface area contributed by atoms with E-state index in [1.165, 1.54) is 9.80 Å². The molecular formula is C68H98InN21O22. The van der Waals surface area contributed by atoms with Crippen LogP contribution in [0.3, 0.4) is 0 Å². The Morgan fingerprint density at radius 2 is 0.732 bits per heavy atom. The maximum atomic E-state index is 14.3. The Hall–Kier alpha value is -11.3. The zero-order valence-corrected chi connectivity index (χ0v) is 64.8. The molecule has 8 atom stereocenters. The number of carbonyl (C=O) groups is 17. The fourth-order valence-corrected chi connectivity index (χ4v) is 14.9. The van der Waals surface area contributed by atoms with Crippen LogP contribution in [0.2, 0.25) is 0 Å². The summed E-state index contributed by atoms with van der Waals surface area (Å²) in [7, 11) is 0. The third-order valence-corrected chi connectivity index (χ3v) is 21.6. The van der Waals surface area contributed by atoms with Crippen molar-refractivity contribution in [3.8, 4) is 0 Å². The molecule has 610 valence electrons. The van der Waals surface area contributed by atoms with Crippen molar-refractivity contribution in [2.45, 2.75) is 138 Å². The molecule has 22 N–H and O–H groups in total. The Labute approximate surface area is 652 Å². The number of carboxylic acid groups (broad SMARTS) is 2. The first-order chi connectivity index (χ1) is 53.4. The van der Waals surface area contributed by atoms with Crippen LogP contribution >= 0.6 is 0 Å². The Kier molecular flexibility index (Phi) is 37.6. The number of nitrogens with one attached hydrogen (secondary N) is 16. The van der Waals surface area contributed by atoms with Crippen molar-refractivity contribution in [2.75, 3.05) is 98.2 Å². The van der Waals surface area contributed by atoms with E-state index in [0.29, 0.717) is 11.1 Å². The minimum atomic E-state index is -4.85. The second-order valence-electron chi connectivity index (χ2n) is 26.7. The van der Waals surface area contributed by atoms with Gasteiger partial charge in [-0.2, -0.15) is 0 Å². The number of carboxylic acids is 2. The maximum absolute atomic E-state index is 14.3. The Morgan fingerprint density at radius 3 is 1.10 bits per heavy atom. The molecule has 0 unspecified atom stereocenters. The molecule has 0 spiro atoms. The van der Waals surface area contributed by atoms with Crippen LogP contribution in [0.15, 0.2) is 60.7 Å². The van der Waals surface area contributed by atoms with Gasteiger partial charge in [0.25, 0.3) is 0 Å². The van der Waals surface area contributed by atoms with E-state index in [9.17, 15) is 91.7 Å². The molecule has 12 amide bonds. The minimum Gasteiger partial charge on any atom is -0.481 e. The zero-order chi connectivity index (χ0) is 81.7. The standard InChI is InChI=1S/C68H101N21O22.In/c69-67(70)75-23-11-19-42-59(104)77-33-50(90)79-48(31-54(94)95)65(110)85-46(29-40-13-3-1-4-14-40)63(108)83-44(61(106)81-42)17-7-9-21-73-52(92)35-88(38-57(100)101)27-25-87(37-56(98)99)26-28-89(39-58(102)103)36-53(93)74-22-10-8-18-45-62(107)82-43(20-12-24-76-68(71)72)60(105)78-34-51(91)80-49(32-55(96)97)66(111)86-47(64(109)84-45)30-41-15-5-2-6-16-41;/h1-6,13-16,42-49H,7-12,17-39H2,(H,73,92)(H,74,93)(H,77,104)(H,78,105)(H,79,90)(H,80,91)(H,81,106)(H,82,107)(H,83,108)(H,84,109)(H,85,110)(H,86,111)(H,94,95)(H,96,97)(H,98,99)(H,100,101)(H,102,103)(H4,69,70,75)(H4,71,72,76);/q;+3/p-3/t42-,43-,44-,45-,46+,47+,48-,49-;/m0./s1. The van der Waals surface area contributed by atoms with Gasteiger partial charge < -0.3 is 85.5 Å². The Morgan fingerprint density at radius 1 is 0.411 bits per heavy atom. The normalized spacial score (nSPS) is 22.8. The van der Waals surface area contributed by atoms with Crippen LogP contribution in [-0.2, 0) is 103 Å². The monoisotopic (exact) mass is 1680 g/mol. The Balaban J connectivity index is 1.08. The first-order valence-electron chi connectivity index (χ1n) is 36.4. The number of hydrogen-bond donors (Lipinski definition) is 20. The summed E-state index contributed by atoms with van der Waals surface area (Å²) in [5.41, 5.74) is 11.9. The van der Waals surface area contributed by atoms with Gasteiger partial charge in [-0.1, -0.05) is 60.7 Å². The molecule has 0 radical (unpaired) electrons. The zero-order valence-electron chi connectivity index (χ0n) is 61.5. The summed E-state index contributed by atoms with van der Waals surface area (Å²) in [6.07, 6.45) is -1.52. The van der Waals surface area contributed by atoms with Crippen LogP contribution in [0.5, 0.6) is 0 Å². The summed E-state index contributed by atoms with van der Waals surface area (Å²) in [4.78, 5) is 234. The molecule has 44 heteroatoms. The summed E-state index contributed by atoms with van der Waals surface area (Å²) in [5.74, 6) is -16.8. The topological polar surface area (TPSA) is 636 Å². The average molecular weight is 1680 g/mol. The summed E-state index contributed by atoms with van der Waals surface area (Å²) >= 11 is -4.85. The van der Waals surface area contributed by atoms with Crippen molar-refractivity contribution in [2.24, 2.45) is 11.5 Å². The number of rotatable bonds is 30. The van der Waals surface area contributed by atoms with Crippen molar-refractivity contribution >= 4 is 135 Å². The van der Waals surface area contributed by atoms with Crippen LogP contribution in [0, 0.1) is 10.8 Å². The van der Waals surface area contributed by atoms with Crippen molar-refractivity contribution in [1.29, 1.82) is 10.8 Å². The molecule has 0 aromatic heterocycles. The van der Waals surface area contributed by atoms with Gasteiger partial charge in [-0.3, -0.25) is 68.4 Å². The van der Waals surface area contributed by atoms with Crippen LogP contribution < -0.4 is 85.9 Å². The van der Waals surface area contributed by atoms with E-state index in [1.54, 1.807) is 65.6 Å². The molecule has 43 nitrogen and oxygen atoms in total. The predicted octanol–water partition coefficient (Wildman–Crippen LogP) is -8.79. The van der Waals surface area contributed by atoms with Gasteiger partial charge >= 0.3 is 245 Å². The summed E-state index contributed by atoms with van der Waals surface area (Å²) in [5, 5.41) is 69.9. The molecule has 2 bridgehead atoms. The van der Waals surface area contributed by atoms with E-state index in [0.717, 1.165) is 0 Å². The number of nitrogens with two attached hydrogens (primary N) is 2. The van der Waals surface area contributed by atoms with E-state index in [1.807, 2.05) is 0 Å². The smallest absolute Gasteiger partial charge is 0.305 e. The summed E-state index contributed by atoms with van der Waals surface area (Å²) in [6.45, 7) is -3.51. The SMILES string of the molecule is N=C(N)NCCC[C@@H]1NC(=O)[C@H](CCCCNC(=O)CN2CCN3CCN(CC(=O)NCCCC[C@@H]4NC(=O)[C@@H](Cc5ccccc5)NC(=O)[C@H](CC(=O)O)NC(=O)CNC(=O)[C@H](CCCNC(=N)N)NC4=O)CC(=O)[O][In]([O]C(=O)C3)[O]C(=O)C2)NC(=O)[C@@H](Cc2ccccc2)NC(=O)[C@H](CC(=O)O)NC(=O)CNC1=O. The number of fused-ring (bicyclic) bond motifs is 4. The average Bonchev–Trinajstić information content (AvgIpc) is 1.28. The van der Waals surface area contributed by atoms with Gasteiger partial charge in [-0.15, -0.1) is 0 Å². The quantitative estimate of drug-likeness (QED) is 0.0196. The van der Waals surface area contributed by atoms with Crippen LogP contribution in [0.4, 0.5) is 0 Å². The third kappa shape index (κ3) is 33.9. The van der Waals surface area contributed by atoms with E-state index in [-0.39, 0.29) is 148 Å². The fourth-order valence-electron chi connectivity index (χ4n) is 12.0. The maximum Gasteiger partial charge on any atom is 0.305 e. The minimum absolute atomic E-state index is 0.0143. The number of benzene rings is 2. The molecule has 6 rings (SSSR count). The van der Waals surface area contributed by atoms with Gasteiger partial charge in [-0.05, 0) is 36.8 Å². The summed E-state index contributed by atoms with van der Waals surface area (Å²) in [6, 6.07) is 5.03. The summed E-state index contributed by atoms with van der Waals surface area (Å²) < 4.78 is 16.4. The number of carbonyl (C=O) groups excluding carboxylic acids is 15. The van der Waals surface area contributed by atoms with Gasteiger partial charge in [0, 0.05) is 25.9 Å². The van der Waals surface area contributed by atoms with Gasteiger partial charge in [0.2, 0.25) is 59.1 Å². The number of guanidine groups is 2. The molecule has 4 fully saturated rings. The second kappa shape index (κ2) is 47.0. The van der Waals surface area contributed by atoms with Crippen molar-refractivity contribution in [3.05, 3.63) is 71.8 Å². The van der Waals surface area contributed by atoms with E-state index >= 15 is 0 Å². The molecule has 4 heterocycles. The van der Waals surface area contributed by atoms with Gasteiger partial charge in [0.15, 0.2) is 11.9 Å². The first kappa shape index (κ1) is 89.6. The molecule has 2 aromatic rings.